The van der Waals surface area contributed by atoms with Crippen molar-refractivity contribution in [1.29, 1.82) is 0 Å². The van der Waals surface area contributed by atoms with Crippen molar-refractivity contribution in [3.05, 3.63) is 52.8 Å². The molecule has 11 heteroatoms. The van der Waals surface area contributed by atoms with Crippen LogP contribution in [0.5, 0.6) is 0 Å². The predicted molar refractivity (Wildman–Crippen MR) is 115 cm³/mol. The summed E-state index contributed by atoms with van der Waals surface area (Å²) in [6.07, 6.45) is 0.505. The van der Waals surface area contributed by atoms with Crippen LogP contribution in [0, 0.1) is 0 Å². The summed E-state index contributed by atoms with van der Waals surface area (Å²) in [5.41, 5.74) is 0.377. The van der Waals surface area contributed by atoms with Crippen LogP contribution >= 0.6 is 0 Å². The predicted octanol–water partition coefficient (Wildman–Crippen LogP) is 2.29. The van der Waals surface area contributed by atoms with Crippen LogP contribution in [0.25, 0.3) is 22.2 Å². The Bertz CT molecular complexity index is 1210. The number of hydrogen-bond acceptors (Lipinski definition) is 9. The van der Waals surface area contributed by atoms with Gasteiger partial charge in [-0.05, 0) is 26.3 Å². The van der Waals surface area contributed by atoms with Gasteiger partial charge in [-0.3, -0.25) is 14.9 Å². The van der Waals surface area contributed by atoms with Crippen LogP contribution < -0.4 is 10.9 Å². The van der Waals surface area contributed by atoms with Gasteiger partial charge in [-0.2, -0.15) is 4.98 Å². The maximum absolute atomic E-state index is 12.5. The van der Waals surface area contributed by atoms with Gasteiger partial charge in [0.15, 0.2) is 6.61 Å². The molecule has 11 nitrogen and oxygen atoms in total. The van der Waals surface area contributed by atoms with Gasteiger partial charge in [0.25, 0.3) is 11.5 Å². The van der Waals surface area contributed by atoms with Crippen molar-refractivity contribution in [2.75, 3.05) is 13.2 Å². The lowest BCUT2D eigenvalue weighted by molar-refractivity contribution is -0.153. The number of hydrogen-bond donors (Lipinski definition) is 2. The summed E-state index contributed by atoms with van der Waals surface area (Å²) in [5.74, 6) is -1.54. The molecule has 0 aliphatic rings. The number of furan rings is 1. The molecule has 3 aromatic rings. The molecule has 0 aliphatic heterocycles. The maximum atomic E-state index is 12.5. The van der Waals surface area contributed by atoms with Gasteiger partial charge >= 0.3 is 12.1 Å². The van der Waals surface area contributed by atoms with Crippen LogP contribution in [0.3, 0.4) is 0 Å². The molecule has 33 heavy (non-hydrogen) atoms. The molecule has 174 valence electrons. The first kappa shape index (κ1) is 23.7. The van der Waals surface area contributed by atoms with Crippen LogP contribution in [0.15, 0.2) is 45.8 Å². The Hall–Kier alpha value is -3.99. The number of carbonyl (C=O) groups excluding carboxylic acids is 3. The summed E-state index contributed by atoms with van der Waals surface area (Å²) in [5, 5.41) is 2.24. The fourth-order valence-corrected chi connectivity index (χ4v) is 2.76. The summed E-state index contributed by atoms with van der Waals surface area (Å²) in [6.45, 7) is 3.53. The van der Waals surface area contributed by atoms with Gasteiger partial charge < -0.3 is 23.6 Å². The van der Waals surface area contributed by atoms with Crippen LogP contribution in [0.2, 0.25) is 0 Å². The largest absolute Gasteiger partial charge is 0.454 e. The Labute approximate surface area is 188 Å². The number of nitrogens with one attached hydrogen (secondary N) is 2. The van der Waals surface area contributed by atoms with Gasteiger partial charge in [-0.1, -0.05) is 30.3 Å². The molecular weight excluding hydrogens is 434 g/mol. The van der Waals surface area contributed by atoms with E-state index in [1.165, 1.54) is 6.26 Å². The van der Waals surface area contributed by atoms with Crippen molar-refractivity contribution in [2.45, 2.75) is 33.0 Å². The minimum Gasteiger partial charge on any atom is -0.454 e. The van der Waals surface area contributed by atoms with E-state index in [0.717, 1.165) is 5.56 Å². The normalized spacial score (nSPS) is 11.2. The zero-order chi connectivity index (χ0) is 24.0. The molecule has 0 spiro atoms. The Balaban J connectivity index is 1.49. The van der Waals surface area contributed by atoms with E-state index in [4.69, 9.17) is 18.6 Å². The van der Waals surface area contributed by atoms with Gasteiger partial charge in [0, 0.05) is 5.56 Å². The molecule has 0 atom stereocenters. The van der Waals surface area contributed by atoms with Crippen molar-refractivity contribution in [3.63, 3.8) is 0 Å². The second kappa shape index (κ2) is 10.1. The Morgan fingerprint density at radius 3 is 2.55 bits per heavy atom. The average molecular weight is 457 g/mol. The molecule has 1 aromatic carbocycles. The van der Waals surface area contributed by atoms with Gasteiger partial charge in [-0.25, -0.2) is 9.59 Å². The number of aromatic amines is 1. The SMILES string of the molecule is CC(C)(C)OC(=O)NC(=O)COC(=O)COCc1nc2occ(-c3ccccc3)c2c(=O)[nH]1. The average Bonchev–Trinajstić information content (AvgIpc) is 3.16. The summed E-state index contributed by atoms with van der Waals surface area (Å²) < 4.78 is 20.2. The van der Waals surface area contributed by atoms with Gasteiger partial charge in [0.1, 0.15) is 36.3 Å². The lowest BCUT2D eigenvalue weighted by Crippen LogP contribution is -2.38. The number of imide groups is 1. The third-order valence-corrected chi connectivity index (χ3v) is 4.04. The highest BCUT2D eigenvalue weighted by molar-refractivity contribution is 5.93. The fraction of sp³-hybridized carbons (Fsp3) is 0.318. The van der Waals surface area contributed by atoms with Crippen LogP contribution in [0.4, 0.5) is 4.79 Å². The first-order valence-corrected chi connectivity index (χ1v) is 9.94. The maximum Gasteiger partial charge on any atom is 0.414 e. The molecule has 0 saturated carbocycles. The topological polar surface area (TPSA) is 150 Å². The summed E-state index contributed by atoms with van der Waals surface area (Å²) in [4.78, 5) is 54.1. The Kier molecular flexibility index (Phi) is 7.23. The van der Waals surface area contributed by atoms with Crippen molar-refractivity contribution >= 4 is 29.1 Å². The second-order valence-electron chi connectivity index (χ2n) is 7.91. The molecule has 2 N–H and O–H groups in total. The van der Waals surface area contributed by atoms with Crippen LogP contribution in [0.1, 0.15) is 26.6 Å². The molecular formula is C22H23N3O8. The number of rotatable bonds is 7. The zero-order valence-electron chi connectivity index (χ0n) is 18.3. The van der Waals surface area contributed by atoms with Crippen molar-refractivity contribution < 1.29 is 33.0 Å². The van der Waals surface area contributed by atoms with E-state index in [0.29, 0.717) is 10.9 Å². The molecule has 0 unspecified atom stereocenters. The van der Waals surface area contributed by atoms with E-state index in [2.05, 4.69) is 9.97 Å². The number of fused-ring (bicyclic) bond motifs is 1. The lowest BCUT2D eigenvalue weighted by atomic mass is 10.1. The molecule has 0 aliphatic carbocycles. The highest BCUT2D eigenvalue weighted by Crippen LogP contribution is 2.26. The zero-order valence-corrected chi connectivity index (χ0v) is 18.3. The number of H-pyrrole nitrogens is 1. The van der Waals surface area contributed by atoms with E-state index in [1.807, 2.05) is 35.6 Å². The summed E-state index contributed by atoms with van der Waals surface area (Å²) in [7, 11) is 0. The van der Waals surface area contributed by atoms with Crippen LogP contribution in [-0.2, 0) is 30.4 Å². The second-order valence-corrected chi connectivity index (χ2v) is 7.91. The fourth-order valence-electron chi connectivity index (χ4n) is 2.76. The number of amides is 2. The lowest BCUT2D eigenvalue weighted by Gasteiger charge is -2.19. The first-order chi connectivity index (χ1) is 15.6. The first-order valence-electron chi connectivity index (χ1n) is 9.94. The number of ether oxygens (including phenoxy) is 3. The van der Waals surface area contributed by atoms with Crippen LogP contribution in [-0.4, -0.2) is 46.8 Å². The number of alkyl carbamates (subject to hydrolysis) is 1. The van der Waals surface area contributed by atoms with E-state index in [1.54, 1.807) is 20.8 Å². The molecule has 2 heterocycles. The molecule has 2 aromatic heterocycles. The number of esters is 1. The van der Waals surface area contributed by atoms with E-state index < -0.39 is 42.3 Å². The summed E-state index contributed by atoms with van der Waals surface area (Å²) >= 11 is 0. The Morgan fingerprint density at radius 2 is 1.85 bits per heavy atom. The smallest absolute Gasteiger partial charge is 0.414 e. The number of carbonyl (C=O) groups is 3. The van der Waals surface area contributed by atoms with Gasteiger partial charge in [-0.15, -0.1) is 0 Å². The van der Waals surface area contributed by atoms with E-state index in [9.17, 15) is 19.2 Å². The van der Waals surface area contributed by atoms with Crippen molar-refractivity contribution in [3.8, 4) is 11.1 Å². The molecule has 0 saturated heterocycles. The number of aromatic nitrogens is 2. The standard InChI is InChI=1S/C22H23N3O8/c1-22(2,3)33-21(29)25-16(26)11-31-17(27)12-30-10-15-23-19(28)18-14(9-32-20(18)24-15)13-7-5-4-6-8-13/h4-9H,10-12H2,1-3H3,(H,23,24,28)(H,25,26,29). The van der Waals surface area contributed by atoms with Crippen molar-refractivity contribution in [1.82, 2.24) is 15.3 Å². The minimum absolute atomic E-state index is 0.137. The monoisotopic (exact) mass is 457 g/mol. The molecule has 3 rings (SSSR count). The Morgan fingerprint density at radius 1 is 1.12 bits per heavy atom. The molecule has 0 radical (unpaired) electrons. The minimum atomic E-state index is -0.946. The highest BCUT2D eigenvalue weighted by atomic mass is 16.6. The third-order valence-electron chi connectivity index (χ3n) is 4.04. The van der Waals surface area contributed by atoms with Gasteiger partial charge in [0.2, 0.25) is 5.71 Å². The molecule has 0 fully saturated rings. The molecule has 0 bridgehead atoms. The quantitative estimate of drug-likeness (QED) is 0.509. The number of benzene rings is 1. The van der Waals surface area contributed by atoms with E-state index >= 15 is 0 Å². The third kappa shape index (κ3) is 6.74. The van der Waals surface area contributed by atoms with Crippen molar-refractivity contribution in [2.24, 2.45) is 0 Å². The van der Waals surface area contributed by atoms with E-state index in [-0.39, 0.29) is 18.1 Å². The highest BCUT2D eigenvalue weighted by Gasteiger charge is 2.19. The van der Waals surface area contributed by atoms with Gasteiger partial charge in [0.05, 0.1) is 0 Å². The molecule has 2 amide bonds. The summed E-state index contributed by atoms with van der Waals surface area (Å²) in [6, 6.07) is 9.25. The number of nitrogens with zero attached hydrogens (tertiary/aromatic N) is 1.